The second-order valence-electron chi connectivity index (χ2n) is 6.72. The summed E-state index contributed by atoms with van der Waals surface area (Å²) in [4.78, 5) is 0. The molecule has 35 heavy (non-hydrogen) atoms. The van der Waals surface area contributed by atoms with E-state index in [1.807, 2.05) is 0 Å². The van der Waals surface area contributed by atoms with E-state index in [4.69, 9.17) is 15.8 Å². The van der Waals surface area contributed by atoms with Crippen LogP contribution in [-0.2, 0) is 0 Å². The molecule has 0 fully saturated rings. The Kier molecular flexibility index (Phi) is 6.58. The smallest absolute Gasteiger partial charge is 0.194 e. The van der Waals surface area contributed by atoms with Crippen LogP contribution in [-0.4, -0.2) is 0 Å². The van der Waals surface area contributed by atoms with Crippen molar-refractivity contribution in [1.82, 2.24) is 0 Å². The topological polar surface area (TPSA) is 95.2 Å². The Hall–Kier alpha value is -5.13. The van der Waals surface area contributed by atoms with Gasteiger partial charge in [0.05, 0.1) is 11.1 Å². The van der Waals surface area contributed by atoms with E-state index in [1.54, 1.807) is 12.1 Å². The van der Waals surface area contributed by atoms with Crippen molar-refractivity contribution in [3.05, 3.63) is 92.6 Å². The van der Waals surface area contributed by atoms with E-state index in [0.717, 1.165) is 24.3 Å². The van der Waals surface area contributed by atoms with Crippen LogP contribution in [0.4, 0.5) is 30.7 Å². The molecule has 0 aliphatic rings. The van der Waals surface area contributed by atoms with E-state index in [-0.39, 0.29) is 5.22 Å². The first-order valence-corrected chi connectivity index (χ1v) is 9.11. The lowest BCUT2D eigenvalue weighted by Crippen LogP contribution is -2.19. The molecular weight excluding hydrogens is 477 g/mol. The van der Waals surface area contributed by atoms with E-state index in [1.165, 1.54) is 6.07 Å². The Morgan fingerprint density at radius 3 is 1.63 bits per heavy atom. The number of nitriles is 4. The molecule has 0 radical (unpaired) electrons. The lowest BCUT2D eigenvalue weighted by molar-refractivity contribution is 0.446. The van der Waals surface area contributed by atoms with Crippen LogP contribution in [0.15, 0.2) is 30.3 Å². The maximum absolute atomic E-state index is 14.7. The average Bonchev–Trinajstić information content (AvgIpc) is 2.85. The zero-order valence-electron chi connectivity index (χ0n) is 16.8. The minimum absolute atomic E-state index is 0.158. The van der Waals surface area contributed by atoms with Gasteiger partial charge in [0.2, 0.25) is 0 Å². The normalized spacial score (nSPS) is 11.1. The molecule has 11 heteroatoms. The summed E-state index contributed by atoms with van der Waals surface area (Å²) >= 11 is 0. The first kappa shape index (κ1) is 24.5. The van der Waals surface area contributed by atoms with E-state index in [9.17, 15) is 36.0 Å². The summed E-state index contributed by atoms with van der Waals surface area (Å²) in [5.41, 5.74) is -5.62. The van der Waals surface area contributed by atoms with Gasteiger partial charge in [-0.1, -0.05) is 12.1 Å². The van der Waals surface area contributed by atoms with E-state index in [2.05, 4.69) is 0 Å². The van der Waals surface area contributed by atoms with Gasteiger partial charge >= 0.3 is 0 Å². The summed E-state index contributed by atoms with van der Waals surface area (Å²) in [6.45, 7) is 0. The highest BCUT2D eigenvalue weighted by molar-refractivity contribution is 5.83. The second kappa shape index (κ2) is 9.39. The fraction of sp³-hybridized carbons (Fsp3) is 0. The Balaban J connectivity index is 2.64. The van der Waals surface area contributed by atoms with Crippen LogP contribution in [0.2, 0.25) is 0 Å². The van der Waals surface area contributed by atoms with Crippen LogP contribution in [0.3, 0.4) is 0 Å². The van der Waals surface area contributed by atoms with Crippen molar-refractivity contribution in [3.8, 4) is 35.4 Å². The number of nitrogens with zero attached hydrogens (tertiary/aromatic N) is 4. The molecule has 0 unspecified atom stereocenters. The van der Waals surface area contributed by atoms with Gasteiger partial charge in [-0.15, -0.1) is 0 Å². The molecule has 0 atom stereocenters. The predicted molar refractivity (Wildman–Crippen MR) is 105 cm³/mol. The highest BCUT2D eigenvalue weighted by Crippen LogP contribution is 2.29. The largest absolute Gasteiger partial charge is 0.204 e. The summed E-state index contributed by atoms with van der Waals surface area (Å²) in [6.07, 6.45) is 0. The SMILES string of the molecule is N#CC(C#N)=c1cc/c(=C(/C#N)c2c(F)c(F)c(C#N)c(F)c2F)c(-c2cc(F)c(F)c(F)c2)c1. The van der Waals surface area contributed by atoms with E-state index >= 15 is 0 Å². The minimum Gasteiger partial charge on any atom is -0.204 e. The number of hydrogen-bond acceptors (Lipinski definition) is 4. The summed E-state index contributed by atoms with van der Waals surface area (Å²) in [5.74, 6) is -13.6. The highest BCUT2D eigenvalue weighted by Gasteiger charge is 2.28. The summed E-state index contributed by atoms with van der Waals surface area (Å²) in [5, 5.41) is 35.9. The third kappa shape index (κ3) is 4.04. The van der Waals surface area contributed by atoms with Crippen molar-refractivity contribution in [2.75, 3.05) is 0 Å². The standard InChI is InChI=1S/C24H5F7N4/c25-17-4-11(5-18(26)22(17)29)14-3-10(12(6-32)7-33)1-2-13(14)15(8-34)19-23(30)20(27)16(9-35)21(28)24(19)31/h1-5H/b15-13+. The molecule has 0 aromatic heterocycles. The number of rotatable bonds is 2. The van der Waals surface area contributed by atoms with Crippen molar-refractivity contribution in [3.63, 3.8) is 0 Å². The summed E-state index contributed by atoms with van der Waals surface area (Å²) < 4.78 is 99.1. The molecule has 4 nitrogen and oxygen atoms in total. The first-order valence-electron chi connectivity index (χ1n) is 9.11. The van der Waals surface area contributed by atoms with Crippen molar-refractivity contribution in [1.29, 1.82) is 21.0 Å². The fourth-order valence-electron chi connectivity index (χ4n) is 3.22. The summed E-state index contributed by atoms with van der Waals surface area (Å²) in [6, 6.07) is 9.19. The molecule has 170 valence electrons. The molecule has 0 aliphatic carbocycles. The van der Waals surface area contributed by atoms with Gasteiger partial charge in [0.1, 0.15) is 35.4 Å². The maximum atomic E-state index is 14.7. The number of hydrogen-bond donors (Lipinski definition) is 0. The van der Waals surface area contributed by atoms with Crippen LogP contribution in [0.1, 0.15) is 11.1 Å². The summed E-state index contributed by atoms with van der Waals surface area (Å²) in [7, 11) is 0. The molecule has 3 aromatic rings. The zero-order valence-corrected chi connectivity index (χ0v) is 16.8. The van der Waals surface area contributed by atoms with Crippen LogP contribution in [0.25, 0.3) is 22.3 Å². The molecule has 0 amide bonds. The van der Waals surface area contributed by atoms with Crippen molar-refractivity contribution in [2.45, 2.75) is 0 Å². The lowest BCUT2D eigenvalue weighted by atomic mass is 9.94. The quantitative estimate of drug-likeness (QED) is 0.312. The van der Waals surface area contributed by atoms with Gasteiger partial charge < -0.3 is 0 Å². The van der Waals surface area contributed by atoms with E-state index in [0.29, 0.717) is 12.1 Å². The van der Waals surface area contributed by atoms with Crippen molar-refractivity contribution >= 4 is 11.1 Å². The van der Waals surface area contributed by atoms with Crippen LogP contribution in [0, 0.1) is 86.0 Å². The Morgan fingerprint density at radius 1 is 0.629 bits per heavy atom. The van der Waals surface area contributed by atoms with Gasteiger partial charge in [-0.05, 0) is 29.3 Å². The van der Waals surface area contributed by atoms with Crippen molar-refractivity contribution < 1.29 is 30.7 Å². The van der Waals surface area contributed by atoms with Crippen LogP contribution >= 0.6 is 0 Å². The lowest BCUT2D eigenvalue weighted by Gasteiger charge is -2.11. The number of benzene rings is 3. The van der Waals surface area contributed by atoms with Gasteiger partial charge in [0, 0.05) is 10.4 Å². The Labute approximate surface area is 191 Å². The molecule has 0 saturated heterocycles. The second-order valence-corrected chi connectivity index (χ2v) is 6.72. The Bertz CT molecular complexity index is 1650. The molecule has 3 aromatic carbocycles. The van der Waals surface area contributed by atoms with Crippen molar-refractivity contribution in [2.24, 2.45) is 0 Å². The van der Waals surface area contributed by atoms with Gasteiger partial charge in [-0.3, -0.25) is 0 Å². The zero-order chi connectivity index (χ0) is 26.0. The van der Waals surface area contributed by atoms with Crippen LogP contribution in [0.5, 0.6) is 0 Å². The Morgan fingerprint density at radius 2 is 1.17 bits per heavy atom. The first-order chi connectivity index (χ1) is 16.6. The molecule has 0 heterocycles. The molecule has 0 N–H and O–H groups in total. The fourth-order valence-corrected chi connectivity index (χ4v) is 3.22. The monoisotopic (exact) mass is 482 g/mol. The molecular formula is C24H5F7N4. The predicted octanol–water partition coefficient (Wildman–Crippen LogP) is 4.12. The van der Waals surface area contributed by atoms with Crippen LogP contribution < -0.4 is 10.4 Å². The third-order valence-corrected chi connectivity index (χ3v) is 4.83. The van der Waals surface area contributed by atoms with Gasteiger partial charge in [0.25, 0.3) is 0 Å². The molecule has 3 rings (SSSR count). The van der Waals surface area contributed by atoms with Gasteiger partial charge in [-0.25, -0.2) is 30.7 Å². The number of halogens is 7. The molecule has 0 spiro atoms. The molecule has 0 bridgehead atoms. The van der Waals surface area contributed by atoms with Gasteiger partial charge in [-0.2, -0.15) is 21.0 Å². The highest BCUT2D eigenvalue weighted by atomic mass is 19.2. The minimum atomic E-state index is -2.09. The molecule has 0 aliphatic heterocycles. The average molecular weight is 482 g/mol. The maximum Gasteiger partial charge on any atom is 0.194 e. The van der Waals surface area contributed by atoms with Gasteiger partial charge in [0.15, 0.2) is 40.7 Å². The molecule has 0 saturated carbocycles. The third-order valence-electron chi connectivity index (χ3n) is 4.83. The van der Waals surface area contributed by atoms with E-state index < -0.39 is 79.3 Å².